The third-order valence-corrected chi connectivity index (χ3v) is 5.17. The monoisotopic (exact) mass is 334 g/mol. The molecule has 3 N–H and O–H groups in total. The zero-order valence-corrected chi connectivity index (χ0v) is 12.9. The number of para-hydroxylation sites is 2. The van der Waals surface area contributed by atoms with Crippen LogP contribution in [0.1, 0.15) is 0 Å². The fourth-order valence-corrected chi connectivity index (χ4v) is 3.90. The Morgan fingerprint density at radius 2 is 1.35 bits per heavy atom. The first-order chi connectivity index (χ1) is 11.1. The highest BCUT2D eigenvalue weighted by atomic mass is 31.2. The molecule has 120 valence electrons. The number of rotatable bonds is 5. The average molecular weight is 334 g/mol. The van der Waals surface area contributed by atoms with Crippen molar-refractivity contribution in [2.24, 2.45) is 0 Å². The van der Waals surface area contributed by atoms with Crippen molar-refractivity contribution in [1.29, 1.82) is 0 Å². The third kappa shape index (κ3) is 3.47. The number of nitrogens with one attached hydrogen (secondary N) is 2. The highest BCUT2D eigenvalue weighted by molar-refractivity contribution is 7.55. The lowest BCUT2D eigenvalue weighted by Gasteiger charge is -2.25. The van der Waals surface area contributed by atoms with E-state index in [-0.39, 0.29) is 0 Å². The molecule has 1 saturated heterocycles. The van der Waals surface area contributed by atoms with E-state index in [9.17, 15) is 14.5 Å². The fraction of sp³-hybridized carbons (Fsp3) is 0.133. The molecule has 0 unspecified atom stereocenters. The predicted octanol–water partition coefficient (Wildman–Crippen LogP) is 2.29. The molecular formula is C15H15N2O5P. The minimum atomic E-state index is -3.95. The molecule has 23 heavy (non-hydrogen) atoms. The summed E-state index contributed by atoms with van der Waals surface area (Å²) in [7, 11) is -3.95. The maximum absolute atomic E-state index is 13.3. The van der Waals surface area contributed by atoms with Gasteiger partial charge in [0.1, 0.15) is 11.5 Å². The molecule has 2 aromatic rings. The molecule has 0 aromatic heterocycles. The van der Waals surface area contributed by atoms with E-state index in [4.69, 9.17) is 9.05 Å². The summed E-state index contributed by atoms with van der Waals surface area (Å²) in [6.45, 7) is 0. The Kier molecular flexibility index (Phi) is 4.23. The van der Waals surface area contributed by atoms with E-state index >= 15 is 0 Å². The molecule has 2 atom stereocenters. The lowest BCUT2D eigenvalue weighted by molar-refractivity contribution is 0.153. The van der Waals surface area contributed by atoms with Crippen LogP contribution < -0.4 is 19.7 Å². The first kappa shape index (κ1) is 15.4. The van der Waals surface area contributed by atoms with Gasteiger partial charge in [0, 0.05) is 0 Å². The molecule has 1 aliphatic heterocycles. The number of carbonyl (C=O) groups is 1. The van der Waals surface area contributed by atoms with Crippen molar-refractivity contribution in [2.45, 2.75) is 12.0 Å². The van der Waals surface area contributed by atoms with E-state index in [1.807, 2.05) is 0 Å². The SMILES string of the molecule is O=C1N[C@@H](P(=O)(Oc2ccccc2)Oc2ccccc2)[C@@H](O)N1. The second kappa shape index (κ2) is 6.32. The van der Waals surface area contributed by atoms with Gasteiger partial charge >= 0.3 is 13.6 Å². The Balaban J connectivity index is 1.92. The summed E-state index contributed by atoms with van der Waals surface area (Å²) in [5, 5.41) is 14.5. The normalized spacial score (nSPS) is 20.5. The van der Waals surface area contributed by atoms with E-state index < -0.39 is 25.6 Å². The number of hydrogen-bond acceptors (Lipinski definition) is 5. The largest absolute Gasteiger partial charge is 0.457 e. The van der Waals surface area contributed by atoms with Crippen molar-refractivity contribution in [3.05, 3.63) is 60.7 Å². The van der Waals surface area contributed by atoms with Crippen LogP contribution in [-0.4, -0.2) is 23.1 Å². The van der Waals surface area contributed by atoms with Crippen molar-refractivity contribution >= 4 is 13.6 Å². The Hall–Kier alpha value is -2.50. The number of amides is 2. The van der Waals surface area contributed by atoms with Gasteiger partial charge < -0.3 is 24.8 Å². The highest BCUT2D eigenvalue weighted by Crippen LogP contribution is 2.53. The Morgan fingerprint density at radius 1 is 0.870 bits per heavy atom. The zero-order chi connectivity index (χ0) is 16.3. The van der Waals surface area contributed by atoms with Gasteiger partial charge in [-0.05, 0) is 24.3 Å². The van der Waals surface area contributed by atoms with Crippen LogP contribution in [0.4, 0.5) is 4.79 Å². The van der Waals surface area contributed by atoms with Gasteiger partial charge in [0.15, 0.2) is 6.23 Å². The van der Waals surface area contributed by atoms with Crippen LogP contribution in [0, 0.1) is 0 Å². The van der Waals surface area contributed by atoms with Crippen molar-refractivity contribution in [1.82, 2.24) is 10.6 Å². The molecule has 7 nitrogen and oxygen atoms in total. The van der Waals surface area contributed by atoms with Crippen molar-refractivity contribution in [2.75, 3.05) is 0 Å². The molecule has 3 rings (SSSR count). The molecule has 2 amide bonds. The lowest BCUT2D eigenvalue weighted by atomic mass is 10.3. The van der Waals surface area contributed by atoms with E-state index in [2.05, 4.69) is 10.6 Å². The Morgan fingerprint density at radius 3 is 1.74 bits per heavy atom. The summed E-state index contributed by atoms with van der Waals surface area (Å²) >= 11 is 0. The number of urea groups is 1. The molecule has 2 aromatic carbocycles. The van der Waals surface area contributed by atoms with Crippen molar-refractivity contribution in [3.8, 4) is 11.5 Å². The van der Waals surface area contributed by atoms with Crippen LogP contribution in [0.25, 0.3) is 0 Å². The summed E-state index contributed by atoms with van der Waals surface area (Å²) in [5.74, 6) is -0.615. The van der Waals surface area contributed by atoms with Gasteiger partial charge in [0.05, 0.1) is 0 Å². The third-order valence-electron chi connectivity index (χ3n) is 3.15. The molecule has 0 saturated carbocycles. The predicted molar refractivity (Wildman–Crippen MR) is 83.2 cm³/mol. The van der Waals surface area contributed by atoms with Crippen molar-refractivity contribution < 1.29 is 23.5 Å². The molecular weight excluding hydrogens is 319 g/mol. The minimum absolute atomic E-state index is 0.306. The molecule has 1 aliphatic rings. The van der Waals surface area contributed by atoms with Crippen LogP contribution in [0.15, 0.2) is 60.7 Å². The van der Waals surface area contributed by atoms with E-state index in [1.54, 1.807) is 60.7 Å². The smallest absolute Gasteiger partial charge is 0.415 e. The molecule has 1 heterocycles. The number of benzene rings is 2. The maximum atomic E-state index is 13.3. The fourth-order valence-electron chi connectivity index (χ4n) is 2.11. The molecule has 0 radical (unpaired) electrons. The topological polar surface area (TPSA) is 96.9 Å². The highest BCUT2D eigenvalue weighted by Gasteiger charge is 2.49. The van der Waals surface area contributed by atoms with E-state index in [1.165, 1.54) is 0 Å². The van der Waals surface area contributed by atoms with Gasteiger partial charge in [-0.3, -0.25) is 0 Å². The van der Waals surface area contributed by atoms with Gasteiger partial charge in [-0.1, -0.05) is 36.4 Å². The molecule has 0 aliphatic carbocycles. The standard InChI is InChI=1S/C15H15N2O5P/c18-13-14(17-15(19)16-13)23(20,21-11-7-3-1-4-8-11)22-12-9-5-2-6-10-12/h1-10,13-14,18H,(H2,16,17,19)/t13-,14+/m1/s1. The summed E-state index contributed by atoms with van der Waals surface area (Å²) in [6, 6.07) is 16.2. The Labute approximate surface area is 132 Å². The second-order valence-corrected chi connectivity index (χ2v) is 6.86. The summed E-state index contributed by atoms with van der Waals surface area (Å²) in [6.07, 6.45) is -1.39. The lowest BCUT2D eigenvalue weighted by Crippen LogP contribution is -2.36. The van der Waals surface area contributed by atoms with Crippen LogP contribution in [0.3, 0.4) is 0 Å². The van der Waals surface area contributed by atoms with Gasteiger partial charge in [0.25, 0.3) is 0 Å². The number of carbonyl (C=O) groups excluding carboxylic acids is 1. The van der Waals surface area contributed by atoms with Crippen LogP contribution >= 0.6 is 7.60 Å². The number of hydrogen-bond donors (Lipinski definition) is 3. The number of aliphatic hydroxyl groups excluding tert-OH is 1. The minimum Gasteiger partial charge on any atom is -0.415 e. The van der Waals surface area contributed by atoms with E-state index in [0.29, 0.717) is 11.5 Å². The zero-order valence-electron chi connectivity index (χ0n) is 12.0. The second-order valence-electron chi connectivity index (χ2n) is 4.86. The maximum Gasteiger partial charge on any atom is 0.457 e. The molecule has 0 bridgehead atoms. The quantitative estimate of drug-likeness (QED) is 0.729. The summed E-state index contributed by atoms with van der Waals surface area (Å²) in [5.41, 5.74) is 0. The van der Waals surface area contributed by atoms with Gasteiger partial charge in [0.2, 0.25) is 5.78 Å². The van der Waals surface area contributed by atoms with E-state index in [0.717, 1.165) is 0 Å². The summed E-state index contributed by atoms with van der Waals surface area (Å²) < 4.78 is 24.3. The average Bonchev–Trinajstić information content (AvgIpc) is 2.88. The molecule has 1 fully saturated rings. The van der Waals surface area contributed by atoms with Crippen LogP contribution in [-0.2, 0) is 4.57 Å². The first-order valence-electron chi connectivity index (χ1n) is 6.91. The Bertz CT molecular complexity index is 680. The van der Waals surface area contributed by atoms with Gasteiger partial charge in [-0.15, -0.1) is 0 Å². The van der Waals surface area contributed by atoms with Gasteiger partial charge in [-0.2, -0.15) is 0 Å². The molecule has 0 spiro atoms. The summed E-state index contributed by atoms with van der Waals surface area (Å²) in [4.78, 5) is 11.4. The molecule has 8 heteroatoms. The van der Waals surface area contributed by atoms with Crippen LogP contribution in [0.5, 0.6) is 11.5 Å². The van der Waals surface area contributed by atoms with Gasteiger partial charge in [-0.25, -0.2) is 9.36 Å². The first-order valence-corrected chi connectivity index (χ1v) is 8.52. The van der Waals surface area contributed by atoms with Crippen molar-refractivity contribution in [3.63, 3.8) is 0 Å². The van der Waals surface area contributed by atoms with Crippen LogP contribution in [0.2, 0.25) is 0 Å². The number of aliphatic hydroxyl groups is 1.